The zero-order valence-corrected chi connectivity index (χ0v) is 12.5. The van der Waals surface area contributed by atoms with Crippen molar-refractivity contribution >= 4 is 27.3 Å². The quantitative estimate of drug-likeness (QED) is 0.841. The van der Waals surface area contributed by atoms with Crippen LogP contribution < -0.4 is 4.72 Å². The maximum Gasteiger partial charge on any atom is 0.339 e. The Balaban J connectivity index is 2.34. The van der Waals surface area contributed by atoms with Crippen molar-refractivity contribution in [3.63, 3.8) is 0 Å². The lowest BCUT2D eigenvalue weighted by molar-refractivity contribution is 0.0596. The molecule has 1 aromatic carbocycles. The molecule has 0 aliphatic heterocycles. The van der Waals surface area contributed by atoms with Crippen LogP contribution in [0, 0.1) is 5.82 Å². The zero-order valence-electron chi connectivity index (χ0n) is 10.9. The molecule has 0 saturated heterocycles. The van der Waals surface area contributed by atoms with E-state index in [1.807, 2.05) is 0 Å². The van der Waals surface area contributed by atoms with Gasteiger partial charge in [-0.05, 0) is 18.2 Å². The SMILES string of the molecule is COC(=O)c1ccc(F)cc1S(=O)(=O)NCc1cncs1. The smallest absolute Gasteiger partial charge is 0.339 e. The summed E-state index contributed by atoms with van der Waals surface area (Å²) >= 11 is 1.27. The van der Waals surface area contributed by atoms with Gasteiger partial charge in [-0.25, -0.2) is 22.3 Å². The molecule has 0 aliphatic carbocycles. The van der Waals surface area contributed by atoms with E-state index in [1.54, 1.807) is 5.51 Å². The first-order valence-electron chi connectivity index (χ1n) is 5.69. The minimum Gasteiger partial charge on any atom is -0.465 e. The molecule has 112 valence electrons. The molecule has 0 fully saturated rings. The minimum absolute atomic E-state index is 0.00409. The highest BCUT2D eigenvalue weighted by Gasteiger charge is 2.23. The number of ether oxygens (including phenoxy) is 1. The molecule has 2 rings (SSSR count). The topological polar surface area (TPSA) is 85.4 Å². The Morgan fingerprint density at radius 1 is 1.48 bits per heavy atom. The fraction of sp³-hybridized carbons (Fsp3) is 0.167. The number of thiazole rings is 1. The highest BCUT2D eigenvalue weighted by Crippen LogP contribution is 2.19. The van der Waals surface area contributed by atoms with Crippen molar-refractivity contribution in [2.24, 2.45) is 0 Å². The highest BCUT2D eigenvalue weighted by atomic mass is 32.2. The molecule has 0 radical (unpaired) electrons. The summed E-state index contributed by atoms with van der Waals surface area (Å²) in [5.41, 5.74) is 1.34. The molecule has 9 heteroatoms. The Morgan fingerprint density at radius 2 is 2.24 bits per heavy atom. The van der Waals surface area contributed by atoms with Crippen LogP contribution >= 0.6 is 11.3 Å². The number of nitrogens with one attached hydrogen (secondary N) is 1. The fourth-order valence-corrected chi connectivity index (χ4v) is 3.41. The second-order valence-corrected chi connectivity index (χ2v) is 6.63. The van der Waals surface area contributed by atoms with Gasteiger partial charge in [-0.15, -0.1) is 11.3 Å². The minimum atomic E-state index is -4.06. The number of benzene rings is 1. The van der Waals surface area contributed by atoms with Crippen LogP contribution in [0.2, 0.25) is 0 Å². The normalized spacial score (nSPS) is 11.3. The zero-order chi connectivity index (χ0) is 15.5. The first-order chi connectivity index (χ1) is 9.94. The maximum absolute atomic E-state index is 13.3. The average Bonchev–Trinajstić information content (AvgIpc) is 2.98. The van der Waals surface area contributed by atoms with Crippen molar-refractivity contribution in [2.75, 3.05) is 7.11 Å². The van der Waals surface area contributed by atoms with Crippen molar-refractivity contribution in [1.82, 2.24) is 9.71 Å². The Labute approximate surface area is 124 Å². The van der Waals surface area contributed by atoms with Crippen molar-refractivity contribution in [1.29, 1.82) is 0 Å². The number of carbonyl (C=O) groups excluding carboxylic acids is 1. The summed E-state index contributed by atoms with van der Waals surface area (Å²) in [5.74, 6) is -1.62. The number of methoxy groups -OCH3 is 1. The third kappa shape index (κ3) is 3.63. The average molecular weight is 330 g/mol. The Hall–Kier alpha value is -1.84. The van der Waals surface area contributed by atoms with Gasteiger partial charge in [0.05, 0.1) is 23.1 Å². The van der Waals surface area contributed by atoms with E-state index < -0.39 is 26.7 Å². The van der Waals surface area contributed by atoms with Gasteiger partial charge in [0.2, 0.25) is 10.0 Å². The lowest BCUT2D eigenvalue weighted by Crippen LogP contribution is -2.25. The van der Waals surface area contributed by atoms with Crippen LogP contribution in [-0.2, 0) is 21.3 Å². The van der Waals surface area contributed by atoms with Crippen LogP contribution in [0.1, 0.15) is 15.2 Å². The summed E-state index contributed by atoms with van der Waals surface area (Å²) in [4.78, 5) is 15.6. The molecule has 0 saturated carbocycles. The number of nitrogens with zero attached hydrogens (tertiary/aromatic N) is 1. The number of esters is 1. The van der Waals surface area contributed by atoms with E-state index in [1.165, 1.54) is 17.5 Å². The molecule has 0 amide bonds. The maximum atomic E-state index is 13.3. The van der Waals surface area contributed by atoms with Crippen molar-refractivity contribution in [3.05, 3.63) is 46.2 Å². The van der Waals surface area contributed by atoms with E-state index in [2.05, 4.69) is 14.4 Å². The molecule has 0 atom stereocenters. The van der Waals surface area contributed by atoms with Crippen LogP contribution in [0.4, 0.5) is 4.39 Å². The predicted molar refractivity (Wildman–Crippen MR) is 73.9 cm³/mol. The number of sulfonamides is 1. The van der Waals surface area contributed by atoms with Crippen LogP contribution in [0.25, 0.3) is 0 Å². The van der Waals surface area contributed by atoms with Gasteiger partial charge in [0.1, 0.15) is 5.82 Å². The molecule has 1 heterocycles. The predicted octanol–water partition coefficient (Wildman–Crippen LogP) is 1.55. The molecule has 0 aliphatic rings. The molecular formula is C12H11FN2O4S2. The van der Waals surface area contributed by atoms with E-state index >= 15 is 0 Å². The Morgan fingerprint density at radius 3 is 2.86 bits per heavy atom. The summed E-state index contributed by atoms with van der Waals surface area (Å²) in [6, 6.07) is 2.85. The van der Waals surface area contributed by atoms with Gasteiger partial charge in [-0.1, -0.05) is 0 Å². The molecular weight excluding hydrogens is 319 g/mol. The van der Waals surface area contributed by atoms with Gasteiger partial charge in [0.15, 0.2) is 0 Å². The second-order valence-electron chi connectivity index (χ2n) is 3.92. The molecule has 0 unspecified atom stereocenters. The van der Waals surface area contributed by atoms with E-state index in [4.69, 9.17) is 0 Å². The number of halogens is 1. The van der Waals surface area contributed by atoms with Crippen LogP contribution in [-0.4, -0.2) is 26.5 Å². The first kappa shape index (κ1) is 15.5. The van der Waals surface area contributed by atoms with Crippen molar-refractivity contribution in [2.45, 2.75) is 11.4 Å². The molecule has 1 aromatic heterocycles. The molecule has 0 spiro atoms. The van der Waals surface area contributed by atoms with Crippen molar-refractivity contribution in [3.8, 4) is 0 Å². The monoisotopic (exact) mass is 330 g/mol. The standard InChI is InChI=1S/C12H11FN2O4S2/c1-19-12(16)10-3-2-8(13)4-11(10)21(17,18)15-6-9-5-14-7-20-9/h2-5,7,15H,6H2,1H3. The molecule has 2 aromatic rings. The van der Waals surface area contributed by atoms with Gasteiger partial charge < -0.3 is 4.74 Å². The Bertz CT molecular complexity index is 745. The molecule has 1 N–H and O–H groups in total. The summed E-state index contributed by atoms with van der Waals surface area (Å²) in [6.45, 7) is 0.00409. The Kier molecular flexibility index (Phi) is 4.66. The van der Waals surface area contributed by atoms with Gasteiger partial charge in [0, 0.05) is 17.6 Å². The fourth-order valence-electron chi connectivity index (χ4n) is 1.57. The number of aromatic nitrogens is 1. The number of hydrogen-bond acceptors (Lipinski definition) is 6. The van der Waals surface area contributed by atoms with Crippen LogP contribution in [0.15, 0.2) is 34.8 Å². The molecule has 6 nitrogen and oxygen atoms in total. The summed E-state index contributed by atoms with van der Waals surface area (Å²) in [7, 11) is -2.94. The van der Waals surface area contributed by atoms with E-state index in [-0.39, 0.29) is 12.1 Å². The van der Waals surface area contributed by atoms with E-state index in [0.29, 0.717) is 4.88 Å². The largest absolute Gasteiger partial charge is 0.465 e. The third-order valence-corrected chi connectivity index (χ3v) is 4.78. The van der Waals surface area contributed by atoms with Crippen LogP contribution in [0.3, 0.4) is 0 Å². The number of carbonyl (C=O) groups is 1. The first-order valence-corrected chi connectivity index (χ1v) is 8.05. The van der Waals surface area contributed by atoms with Gasteiger partial charge in [-0.2, -0.15) is 0 Å². The van der Waals surface area contributed by atoms with E-state index in [9.17, 15) is 17.6 Å². The lowest BCUT2D eigenvalue weighted by Gasteiger charge is -2.10. The van der Waals surface area contributed by atoms with Gasteiger partial charge in [0.25, 0.3) is 0 Å². The molecule has 0 bridgehead atoms. The lowest BCUT2D eigenvalue weighted by atomic mass is 10.2. The van der Waals surface area contributed by atoms with Gasteiger partial charge >= 0.3 is 5.97 Å². The van der Waals surface area contributed by atoms with E-state index in [0.717, 1.165) is 25.3 Å². The highest BCUT2D eigenvalue weighted by molar-refractivity contribution is 7.89. The van der Waals surface area contributed by atoms with Crippen LogP contribution in [0.5, 0.6) is 0 Å². The second kappa shape index (κ2) is 6.29. The molecule has 21 heavy (non-hydrogen) atoms. The third-order valence-electron chi connectivity index (χ3n) is 2.56. The summed E-state index contributed by atoms with van der Waals surface area (Å²) in [5, 5.41) is 0. The summed E-state index contributed by atoms with van der Waals surface area (Å²) < 4.78 is 44.5. The van der Waals surface area contributed by atoms with Crippen molar-refractivity contribution < 1.29 is 22.3 Å². The number of hydrogen-bond donors (Lipinski definition) is 1. The number of rotatable bonds is 5. The van der Waals surface area contributed by atoms with Gasteiger partial charge in [-0.3, -0.25) is 4.98 Å². The summed E-state index contributed by atoms with van der Waals surface area (Å²) in [6.07, 6.45) is 1.51.